The van der Waals surface area contributed by atoms with Crippen LogP contribution in [0.4, 0.5) is 20.2 Å². The predicted molar refractivity (Wildman–Crippen MR) is 127 cm³/mol. The zero-order chi connectivity index (χ0) is 24.5. The lowest BCUT2D eigenvalue weighted by molar-refractivity contribution is -0.123. The number of amides is 3. The molecule has 1 saturated carbocycles. The first-order valence-electron chi connectivity index (χ1n) is 11.1. The monoisotopic (exact) mass is 491 g/mol. The molecule has 0 heterocycles. The Hall–Kier alpha value is -3.14. The Labute approximate surface area is 199 Å². The van der Waals surface area contributed by atoms with Crippen LogP contribution in [0.1, 0.15) is 32.1 Å². The fourth-order valence-corrected chi connectivity index (χ4v) is 4.65. The van der Waals surface area contributed by atoms with Crippen LogP contribution in [0.15, 0.2) is 48.5 Å². The molecule has 2 N–H and O–H groups in total. The second kappa shape index (κ2) is 12.4. The van der Waals surface area contributed by atoms with Gasteiger partial charge in [-0.3, -0.25) is 18.6 Å². The molecule has 1 fully saturated rings. The molecule has 34 heavy (non-hydrogen) atoms. The number of anilines is 2. The number of carbonyl (C=O) groups is 3. The maximum absolute atomic E-state index is 13.4. The molecule has 2 aromatic carbocycles. The lowest BCUT2D eigenvalue weighted by Crippen LogP contribution is -2.46. The summed E-state index contributed by atoms with van der Waals surface area (Å²) in [5.74, 6) is -3.48. The molecule has 3 rings (SSSR count). The van der Waals surface area contributed by atoms with E-state index in [1.54, 1.807) is 0 Å². The van der Waals surface area contributed by atoms with Gasteiger partial charge in [-0.25, -0.2) is 8.78 Å². The van der Waals surface area contributed by atoms with E-state index in [1.807, 2.05) is 0 Å². The van der Waals surface area contributed by atoms with Crippen LogP contribution in [0.3, 0.4) is 0 Å². The van der Waals surface area contributed by atoms with Gasteiger partial charge < -0.3 is 15.5 Å². The van der Waals surface area contributed by atoms with Gasteiger partial charge in [0, 0.05) is 28.2 Å². The number of nitrogens with zero attached hydrogens (tertiary/aromatic N) is 1. The summed E-state index contributed by atoms with van der Waals surface area (Å²) >= 11 is 0. The van der Waals surface area contributed by atoms with Crippen molar-refractivity contribution in [2.45, 2.75) is 38.1 Å². The third kappa shape index (κ3) is 8.02. The van der Waals surface area contributed by atoms with Gasteiger partial charge in [0.25, 0.3) is 0 Å². The van der Waals surface area contributed by atoms with E-state index in [4.69, 9.17) is 0 Å². The number of halogens is 2. The summed E-state index contributed by atoms with van der Waals surface area (Å²) in [5, 5.41) is 5.42. The summed E-state index contributed by atoms with van der Waals surface area (Å²) in [6.45, 7) is -0.306. The second-order valence-electron chi connectivity index (χ2n) is 8.14. The van der Waals surface area contributed by atoms with Gasteiger partial charge in [-0.1, -0.05) is 19.3 Å². The molecule has 0 saturated heterocycles. The van der Waals surface area contributed by atoms with Crippen LogP contribution >= 0.6 is 0 Å². The molecule has 0 bridgehead atoms. The van der Waals surface area contributed by atoms with E-state index < -0.39 is 45.8 Å². The zero-order valence-electron chi connectivity index (χ0n) is 18.6. The number of nitrogens with one attached hydrogen (secondary N) is 2. The fraction of sp³-hybridized carbons (Fsp3) is 0.375. The molecule has 0 spiro atoms. The van der Waals surface area contributed by atoms with Crippen LogP contribution in [0.25, 0.3) is 0 Å². The molecule has 1 aliphatic carbocycles. The Morgan fingerprint density at radius 3 is 2.06 bits per heavy atom. The zero-order valence-corrected chi connectivity index (χ0v) is 19.4. The summed E-state index contributed by atoms with van der Waals surface area (Å²) in [7, 11) is -1.86. The van der Waals surface area contributed by atoms with E-state index in [2.05, 4.69) is 10.6 Å². The standard InChI is InChI=1S/C24H27F2N3O4S/c25-17-6-10-20(11-7-17)28-23(31)15-34(33)16-24(32)29(21-12-8-18(26)9-13-21)14-22(30)27-19-4-2-1-3-5-19/h6-13,19H,1-5,14-16H2,(H,27,30)(H,28,31). The highest BCUT2D eigenvalue weighted by molar-refractivity contribution is 7.86. The normalized spacial score (nSPS) is 14.8. The van der Waals surface area contributed by atoms with Crippen molar-refractivity contribution in [2.75, 3.05) is 28.3 Å². The molecule has 1 unspecified atom stereocenters. The molecular formula is C24H27F2N3O4S. The predicted octanol–water partition coefficient (Wildman–Crippen LogP) is 3.13. The first kappa shape index (κ1) is 25.5. The summed E-state index contributed by atoms with van der Waals surface area (Å²) in [5.41, 5.74) is 0.625. The van der Waals surface area contributed by atoms with Crippen LogP contribution < -0.4 is 15.5 Å². The Bertz CT molecular complexity index is 1030. The highest BCUT2D eigenvalue weighted by Gasteiger charge is 2.24. The van der Waals surface area contributed by atoms with Crippen LogP contribution in [-0.2, 0) is 25.2 Å². The van der Waals surface area contributed by atoms with Crippen molar-refractivity contribution in [2.24, 2.45) is 0 Å². The molecule has 0 aromatic heterocycles. The van der Waals surface area contributed by atoms with Crippen LogP contribution in [0.5, 0.6) is 0 Å². The average molecular weight is 492 g/mol. The van der Waals surface area contributed by atoms with Crippen molar-refractivity contribution in [1.82, 2.24) is 5.32 Å². The molecule has 0 aliphatic heterocycles. The molecule has 10 heteroatoms. The van der Waals surface area contributed by atoms with E-state index in [9.17, 15) is 27.4 Å². The van der Waals surface area contributed by atoms with Crippen LogP contribution in [0.2, 0.25) is 0 Å². The van der Waals surface area contributed by atoms with Gasteiger partial charge in [0.1, 0.15) is 29.7 Å². The van der Waals surface area contributed by atoms with E-state index in [-0.39, 0.29) is 24.2 Å². The van der Waals surface area contributed by atoms with Gasteiger partial charge in [0.05, 0.1) is 0 Å². The van der Waals surface area contributed by atoms with Crippen molar-refractivity contribution >= 4 is 39.9 Å². The summed E-state index contributed by atoms with van der Waals surface area (Å²) in [6.07, 6.45) is 4.95. The Balaban J connectivity index is 1.61. The number of rotatable bonds is 9. The molecule has 1 atom stereocenters. The minimum Gasteiger partial charge on any atom is -0.352 e. The first-order valence-corrected chi connectivity index (χ1v) is 12.5. The van der Waals surface area contributed by atoms with Crippen molar-refractivity contribution in [3.05, 3.63) is 60.2 Å². The minimum atomic E-state index is -1.86. The third-order valence-electron chi connectivity index (χ3n) is 5.42. The minimum absolute atomic E-state index is 0.0516. The highest BCUT2D eigenvalue weighted by Crippen LogP contribution is 2.19. The average Bonchev–Trinajstić information content (AvgIpc) is 2.80. The summed E-state index contributed by atoms with van der Waals surface area (Å²) in [4.78, 5) is 38.8. The Kier molecular flexibility index (Phi) is 9.26. The maximum Gasteiger partial charge on any atom is 0.240 e. The fourth-order valence-electron chi connectivity index (χ4n) is 3.75. The number of carbonyl (C=O) groups excluding carboxylic acids is 3. The number of hydrogen-bond donors (Lipinski definition) is 2. The lowest BCUT2D eigenvalue weighted by Gasteiger charge is -2.26. The molecular weight excluding hydrogens is 464 g/mol. The molecule has 7 nitrogen and oxygen atoms in total. The van der Waals surface area contributed by atoms with Gasteiger partial charge in [-0.05, 0) is 61.4 Å². The molecule has 0 radical (unpaired) electrons. The van der Waals surface area contributed by atoms with Gasteiger partial charge in [-0.2, -0.15) is 0 Å². The first-order chi connectivity index (χ1) is 16.3. The van der Waals surface area contributed by atoms with Gasteiger partial charge in [-0.15, -0.1) is 0 Å². The highest BCUT2D eigenvalue weighted by atomic mass is 32.2. The quantitative estimate of drug-likeness (QED) is 0.564. The lowest BCUT2D eigenvalue weighted by atomic mass is 9.95. The maximum atomic E-state index is 13.4. The molecule has 3 amide bonds. The second-order valence-corrected chi connectivity index (χ2v) is 9.60. The van der Waals surface area contributed by atoms with Gasteiger partial charge >= 0.3 is 0 Å². The smallest absolute Gasteiger partial charge is 0.240 e. The van der Waals surface area contributed by atoms with E-state index in [1.165, 1.54) is 48.5 Å². The molecule has 182 valence electrons. The summed E-state index contributed by atoms with van der Waals surface area (Å²) in [6, 6.07) is 10.2. The van der Waals surface area contributed by atoms with E-state index in [0.717, 1.165) is 37.0 Å². The van der Waals surface area contributed by atoms with Crippen molar-refractivity contribution < 1.29 is 27.4 Å². The SMILES string of the molecule is O=C(CS(=O)CC(=O)N(CC(=O)NC1CCCCC1)c1ccc(F)cc1)Nc1ccc(F)cc1. The van der Waals surface area contributed by atoms with Gasteiger partial charge in [0.15, 0.2) is 0 Å². The largest absolute Gasteiger partial charge is 0.352 e. The molecule has 1 aliphatic rings. The number of hydrogen-bond acceptors (Lipinski definition) is 4. The van der Waals surface area contributed by atoms with Crippen molar-refractivity contribution in [1.29, 1.82) is 0 Å². The van der Waals surface area contributed by atoms with Crippen LogP contribution in [-0.4, -0.2) is 46.0 Å². The van der Waals surface area contributed by atoms with E-state index >= 15 is 0 Å². The third-order valence-corrected chi connectivity index (χ3v) is 6.57. The number of benzene rings is 2. The Morgan fingerprint density at radius 2 is 1.44 bits per heavy atom. The molecule has 2 aromatic rings. The van der Waals surface area contributed by atoms with Gasteiger partial charge in [0.2, 0.25) is 17.7 Å². The van der Waals surface area contributed by atoms with Crippen molar-refractivity contribution in [3.63, 3.8) is 0 Å². The Morgan fingerprint density at radius 1 is 0.853 bits per heavy atom. The van der Waals surface area contributed by atoms with E-state index in [0.29, 0.717) is 5.69 Å². The van der Waals surface area contributed by atoms with Crippen LogP contribution in [0, 0.1) is 11.6 Å². The van der Waals surface area contributed by atoms with Crippen molar-refractivity contribution in [3.8, 4) is 0 Å². The topological polar surface area (TPSA) is 95.6 Å². The summed E-state index contributed by atoms with van der Waals surface area (Å²) < 4.78 is 38.8.